The number of anilines is 1. The number of fused-ring (bicyclic) bond motifs is 1. The van der Waals surface area contributed by atoms with Crippen LogP contribution in [0, 0.1) is 6.92 Å². The van der Waals surface area contributed by atoms with E-state index in [2.05, 4.69) is 66.4 Å². The van der Waals surface area contributed by atoms with E-state index in [1.807, 2.05) is 18.7 Å². The summed E-state index contributed by atoms with van der Waals surface area (Å²) in [4.78, 5) is 9.31. The molecule has 0 aliphatic heterocycles. The highest BCUT2D eigenvalue weighted by atomic mass is 32.1. The topological polar surface area (TPSA) is 37.2 Å². The molecule has 0 saturated carbocycles. The molecule has 0 saturated heterocycles. The third kappa shape index (κ3) is 3.09. The zero-order chi connectivity index (χ0) is 16.6. The zero-order valence-electron chi connectivity index (χ0n) is 14.3. The first-order valence-electron chi connectivity index (χ1n) is 7.70. The molecule has 0 bridgehead atoms. The van der Waals surface area contributed by atoms with Crippen LogP contribution in [0.4, 0.5) is 5.13 Å². The van der Waals surface area contributed by atoms with Crippen LogP contribution in [0.15, 0.2) is 30.3 Å². The lowest BCUT2D eigenvalue weighted by atomic mass is 10.1. The minimum absolute atomic E-state index is 0.264. The maximum absolute atomic E-state index is 4.81. The average molecular weight is 329 g/mol. The number of hydrogen-bond donors (Lipinski definition) is 0. The van der Waals surface area contributed by atoms with Gasteiger partial charge in [0.15, 0.2) is 10.8 Å². The Labute approximate surface area is 141 Å². The predicted octanol–water partition coefficient (Wildman–Crippen LogP) is 3.08. The Balaban J connectivity index is 1.98. The number of hydrogen-bond acceptors (Lipinski definition) is 5. The zero-order valence-corrected chi connectivity index (χ0v) is 15.1. The Bertz CT molecular complexity index is 756. The Kier molecular flexibility index (Phi) is 4.37. The number of nitrogens with zero attached hydrogens (tertiary/aromatic N) is 5. The SMILES string of the molecule is Cc1nn(C)c2nc(N(C)[C@H](CN(C)C)c3ccccc3)sc12. The Hall–Kier alpha value is -1.92. The van der Waals surface area contributed by atoms with Gasteiger partial charge in [0.05, 0.1) is 16.4 Å². The standard InChI is InChI=1S/C17H23N5S/c1-12-15-16(22(5)19-12)18-17(23-15)21(4)14(11-20(2)3)13-9-7-6-8-10-13/h6-10,14H,11H2,1-5H3/t14-/m1/s1. The van der Waals surface area contributed by atoms with Crippen molar-refractivity contribution < 1.29 is 0 Å². The fourth-order valence-corrected chi connectivity index (χ4v) is 3.87. The van der Waals surface area contributed by atoms with Gasteiger partial charge in [-0.3, -0.25) is 0 Å². The van der Waals surface area contributed by atoms with E-state index in [-0.39, 0.29) is 6.04 Å². The van der Waals surface area contributed by atoms with Crippen LogP contribution in [0.25, 0.3) is 10.3 Å². The van der Waals surface area contributed by atoms with Crippen LogP contribution < -0.4 is 4.90 Å². The summed E-state index contributed by atoms with van der Waals surface area (Å²) in [6, 6.07) is 10.9. The van der Waals surface area contributed by atoms with Gasteiger partial charge in [0.2, 0.25) is 0 Å². The van der Waals surface area contributed by atoms with Crippen LogP contribution in [0.2, 0.25) is 0 Å². The maximum atomic E-state index is 4.81. The van der Waals surface area contributed by atoms with E-state index in [0.717, 1.165) is 23.0 Å². The lowest BCUT2D eigenvalue weighted by Gasteiger charge is -2.30. The summed E-state index contributed by atoms with van der Waals surface area (Å²) < 4.78 is 3.04. The second kappa shape index (κ2) is 6.29. The number of aromatic nitrogens is 3. The molecule has 122 valence electrons. The monoisotopic (exact) mass is 329 g/mol. The molecular weight excluding hydrogens is 306 g/mol. The number of thiazole rings is 1. The molecule has 3 rings (SSSR count). The van der Waals surface area contributed by atoms with Gasteiger partial charge in [0, 0.05) is 20.6 Å². The minimum atomic E-state index is 0.264. The lowest BCUT2D eigenvalue weighted by Crippen LogP contribution is -2.32. The predicted molar refractivity (Wildman–Crippen MR) is 97.3 cm³/mol. The van der Waals surface area contributed by atoms with E-state index in [1.165, 1.54) is 10.3 Å². The van der Waals surface area contributed by atoms with Crippen molar-refractivity contribution >= 4 is 26.8 Å². The van der Waals surface area contributed by atoms with Crippen molar-refractivity contribution in [3.05, 3.63) is 41.6 Å². The van der Waals surface area contributed by atoms with Gasteiger partial charge in [0.1, 0.15) is 0 Å². The van der Waals surface area contributed by atoms with Crippen LogP contribution in [0.3, 0.4) is 0 Å². The van der Waals surface area contributed by atoms with Crippen molar-refractivity contribution in [3.63, 3.8) is 0 Å². The van der Waals surface area contributed by atoms with E-state index in [1.54, 1.807) is 11.3 Å². The van der Waals surface area contributed by atoms with E-state index in [4.69, 9.17) is 4.98 Å². The molecule has 2 heterocycles. The molecule has 0 spiro atoms. The summed E-state index contributed by atoms with van der Waals surface area (Å²) in [6.07, 6.45) is 0. The average Bonchev–Trinajstić information content (AvgIpc) is 3.07. The van der Waals surface area contributed by atoms with Gasteiger partial charge in [-0.25, -0.2) is 9.67 Å². The van der Waals surface area contributed by atoms with Gasteiger partial charge in [-0.1, -0.05) is 41.7 Å². The second-order valence-electron chi connectivity index (χ2n) is 6.16. The van der Waals surface area contributed by atoms with Gasteiger partial charge >= 0.3 is 0 Å². The summed E-state index contributed by atoms with van der Waals surface area (Å²) in [5.74, 6) is 0. The molecule has 0 unspecified atom stereocenters. The fourth-order valence-electron chi connectivity index (χ4n) is 2.83. The molecule has 1 atom stereocenters. The molecule has 2 aromatic heterocycles. The van der Waals surface area contributed by atoms with E-state index in [9.17, 15) is 0 Å². The van der Waals surface area contributed by atoms with E-state index < -0.39 is 0 Å². The van der Waals surface area contributed by atoms with Gasteiger partial charge in [-0.15, -0.1) is 0 Å². The molecule has 0 aliphatic carbocycles. The number of benzene rings is 1. The van der Waals surface area contributed by atoms with Crippen molar-refractivity contribution in [1.29, 1.82) is 0 Å². The van der Waals surface area contributed by atoms with Crippen molar-refractivity contribution in [3.8, 4) is 0 Å². The van der Waals surface area contributed by atoms with E-state index in [0.29, 0.717) is 0 Å². The molecule has 6 heteroatoms. The normalized spacial score (nSPS) is 13.0. The lowest BCUT2D eigenvalue weighted by molar-refractivity contribution is 0.370. The molecule has 0 N–H and O–H groups in total. The molecule has 23 heavy (non-hydrogen) atoms. The molecule has 0 fully saturated rings. The highest BCUT2D eigenvalue weighted by Gasteiger charge is 2.22. The Morgan fingerprint density at radius 2 is 1.87 bits per heavy atom. The summed E-state index contributed by atoms with van der Waals surface area (Å²) in [5, 5.41) is 5.47. The third-order valence-corrected chi connectivity index (χ3v) is 5.27. The van der Waals surface area contributed by atoms with E-state index >= 15 is 0 Å². The minimum Gasteiger partial charge on any atom is -0.343 e. The highest BCUT2D eigenvalue weighted by molar-refractivity contribution is 7.22. The van der Waals surface area contributed by atoms with Crippen LogP contribution in [0.5, 0.6) is 0 Å². The molecule has 3 aromatic rings. The number of likely N-dealkylation sites (N-methyl/N-ethyl adjacent to an activating group) is 2. The third-order valence-electron chi connectivity index (χ3n) is 4.02. The van der Waals surface area contributed by atoms with Crippen molar-refractivity contribution in [2.24, 2.45) is 7.05 Å². The number of rotatable bonds is 5. The van der Waals surface area contributed by atoms with Crippen LogP contribution in [-0.2, 0) is 7.05 Å². The second-order valence-corrected chi connectivity index (χ2v) is 7.14. The molecule has 1 aromatic carbocycles. The van der Waals surface area contributed by atoms with Gasteiger partial charge in [-0.2, -0.15) is 5.10 Å². The number of aryl methyl sites for hydroxylation is 2. The van der Waals surface area contributed by atoms with Crippen molar-refractivity contribution in [2.75, 3.05) is 32.6 Å². The van der Waals surface area contributed by atoms with Crippen LogP contribution in [0.1, 0.15) is 17.3 Å². The fraction of sp³-hybridized carbons (Fsp3) is 0.412. The Morgan fingerprint density at radius 1 is 1.17 bits per heavy atom. The molecule has 0 amide bonds. The molecule has 5 nitrogen and oxygen atoms in total. The van der Waals surface area contributed by atoms with Crippen molar-refractivity contribution in [1.82, 2.24) is 19.7 Å². The largest absolute Gasteiger partial charge is 0.343 e. The van der Waals surface area contributed by atoms with Crippen molar-refractivity contribution in [2.45, 2.75) is 13.0 Å². The maximum Gasteiger partial charge on any atom is 0.188 e. The quantitative estimate of drug-likeness (QED) is 0.721. The first-order chi connectivity index (χ1) is 11.0. The first kappa shape index (κ1) is 16.0. The first-order valence-corrected chi connectivity index (χ1v) is 8.51. The van der Waals surface area contributed by atoms with Crippen LogP contribution in [-0.4, -0.2) is 47.4 Å². The van der Waals surface area contributed by atoms with Gasteiger partial charge in [0.25, 0.3) is 0 Å². The summed E-state index contributed by atoms with van der Waals surface area (Å²) >= 11 is 1.72. The van der Waals surface area contributed by atoms with Gasteiger partial charge < -0.3 is 9.80 Å². The molecular formula is C17H23N5S. The summed E-state index contributed by atoms with van der Waals surface area (Å²) in [5.41, 5.74) is 3.31. The smallest absolute Gasteiger partial charge is 0.188 e. The summed E-state index contributed by atoms with van der Waals surface area (Å²) in [7, 11) is 8.29. The van der Waals surface area contributed by atoms with Crippen LogP contribution >= 0.6 is 11.3 Å². The van der Waals surface area contributed by atoms with Gasteiger partial charge in [-0.05, 0) is 26.6 Å². The molecule has 0 radical (unpaired) electrons. The Morgan fingerprint density at radius 3 is 2.48 bits per heavy atom. The summed E-state index contributed by atoms with van der Waals surface area (Å²) in [6.45, 7) is 2.98. The molecule has 0 aliphatic rings. The highest BCUT2D eigenvalue weighted by Crippen LogP contribution is 2.34.